The SMILES string of the molecule is CCNCc1ccc(Br)c(S(=O)(=O)N(C)CC(F)F)c1. The van der Waals surface area contributed by atoms with Gasteiger partial charge in [-0.2, -0.15) is 4.31 Å². The number of hydrogen-bond acceptors (Lipinski definition) is 3. The minimum atomic E-state index is -3.93. The van der Waals surface area contributed by atoms with E-state index in [4.69, 9.17) is 0 Å². The second-order valence-electron chi connectivity index (χ2n) is 4.22. The summed E-state index contributed by atoms with van der Waals surface area (Å²) in [5.74, 6) is 0. The topological polar surface area (TPSA) is 49.4 Å². The second kappa shape index (κ2) is 7.44. The van der Waals surface area contributed by atoms with E-state index >= 15 is 0 Å². The zero-order chi connectivity index (χ0) is 15.3. The van der Waals surface area contributed by atoms with Crippen molar-refractivity contribution in [3.63, 3.8) is 0 Å². The van der Waals surface area contributed by atoms with Crippen molar-refractivity contribution in [2.45, 2.75) is 24.8 Å². The second-order valence-corrected chi connectivity index (χ2v) is 7.09. The van der Waals surface area contributed by atoms with Crippen molar-refractivity contribution in [1.29, 1.82) is 0 Å². The first kappa shape index (κ1) is 17.5. The van der Waals surface area contributed by atoms with E-state index in [-0.39, 0.29) is 4.90 Å². The number of benzene rings is 1. The van der Waals surface area contributed by atoms with Crippen molar-refractivity contribution >= 4 is 26.0 Å². The maximum absolute atomic E-state index is 12.3. The lowest BCUT2D eigenvalue weighted by molar-refractivity contribution is 0.126. The number of rotatable bonds is 7. The first-order chi connectivity index (χ1) is 9.28. The molecule has 0 saturated heterocycles. The Bertz CT molecular complexity index is 552. The molecule has 0 aromatic heterocycles. The molecule has 0 bridgehead atoms. The predicted molar refractivity (Wildman–Crippen MR) is 77.3 cm³/mol. The molecular weight excluding hydrogens is 354 g/mol. The van der Waals surface area contributed by atoms with Crippen LogP contribution in [0.2, 0.25) is 0 Å². The van der Waals surface area contributed by atoms with Crippen LogP contribution < -0.4 is 5.32 Å². The van der Waals surface area contributed by atoms with Gasteiger partial charge in [-0.25, -0.2) is 17.2 Å². The normalized spacial score (nSPS) is 12.3. The maximum atomic E-state index is 12.3. The zero-order valence-corrected chi connectivity index (χ0v) is 13.6. The van der Waals surface area contributed by atoms with Crippen molar-refractivity contribution in [2.75, 3.05) is 20.1 Å². The molecule has 0 unspecified atom stereocenters. The Labute approximate surface area is 126 Å². The third-order valence-electron chi connectivity index (χ3n) is 2.66. The van der Waals surface area contributed by atoms with Crippen LogP contribution in [0.25, 0.3) is 0 Å². The Hall–Kier alpha value is -0.570. The fourth-order valence-electron chi connectivity index (χ4n) is 1.59. The van der Waals surface area contributed by atoms with Gasteiger partial charge in [-0.3, -0.25) is 0 Å². The fraction of sp³-hybridized carbons (Fsp3) is 0.500. The highest BCUT2D eigenvalue weighted by Crippen LogP contribution is 2.26. The number of hydrogen-bond donors (Lipinski definition) is 1. The van der Waals surface area contributed by atoms with E-state index in [9.17, 15) is 17.2 Å². The van der Waals surface area contributed by atoms with Crippen molar-refractivity contribution in [3.8, 4) is 0 Å². The van der Waals surface area contributed by atoms with E-state index in [1.165, 1.54) is 6.07 Å². The molecule has 0 atom stereocenters. The van der Waals surface area contributed by atoms with Crippen molar-refractivity contribution in [3.05, 3.63) is 28.2 Å². The summed E-state index contributed by atoms with van der Waals surface area (Å²) in [5, 5.41) is 3.08. The monoisotopic (exact) mass is 370 g/mol. The van der Waals surface area contributed by atoms with Crippen LogP contribution in [0.1, 0.15) is 12.5 Å². The van der Waals surface area contributed by atoms with Gasteiger partial charge in [-0.1, -0.05) is 13.0 Å². The minimum absolute atomic E-state index is 0.00365. The van der Waals surface area contributed by atoms with E-state index in [0.717, 1.165) is 19.2 Å². The van der Waals surface area contributed by atoms with Gasteiger partial charge in [0.1, 0.15) is 0 Å². The predicted octanol–water partition coefficient (Wildman–Crippen LogP) is 2.44. The highest BCUT2D eigenvalue weighted by molar-refractivity contribution is 9.10. The van der Waals surface area contributed by atoms with Gasteiger partial charge in [0.25, 0.3) is 6.43 Å². The van der Waals surface area contributed by atoms with Crippen molar-refractivity contribution < 1.29 is 17.2 Å². The third-order valence-corrected chi connectivity index (χ3v) is 5.48. The molecular formula is C12H17BrF2N2O2S. The van der Waals surface area contributed by atoms with Gasteiger partial charge in [0.15, 0.2) is 0 Å². The van der Waals surface area contributed by atoms with Gasteiger partial charge in [0.2, 0.25) is 10.0 Å². The molecule has 0 amide bonds. The summed E-state index contributed by atoms with van der Waals surface area (Å²) < 4.78 is 50.2. The molecule has 0 aliphatic heterocycles. The molecule has 0 radical (unpaired) electrons. The third kappa shape index (κ3) is 4.47. The lowest BCUT2D eigenvalue weighted by Crippen LogP contribution is -2.31. The molecule has 0 aliphatic rings. The first-order valence-corrected chi connectivity index (χ1v) is 8.26. The summed E-state index contributed by atoms with van der Waals surface area (Å²) in [5.41, 5.74) is 0.777. The van der Waals surface area contributed by atoms with Gasteiger partial charge < -0.3 is 5.32 Å². The average molecular weight is 371 g/mol. The first-order valence-electron chi connectivity index (χ1n) is 6.02. The van der Waals surface area contributed by atoms with Crippen LogP contribution in [-0.4, -0.2) is 39.3 Å². The summed E-state index contributed by atoms with van der Waals surface area (Å²) in [6.45, 7) is 2.38. The molecule has 1 aromatic rings. The van der Waals surface area contributed by atoms with Crippen LogP contribution in [0.3, 0.4) is 0 Å². The Balaban J connectivity index is 3.10. The molecule has 114 valence electrons. The fourth-order valence-corrected chi connectivity index (χ4v) is 3.70. The molecule has 20 heavy (non-hydrogen) atoms. The number of alkyl halides is 2. The Morgan fingerprint density at radius 3 is 2.60 bits per heavy atom. The van der Waals surface area contributed by atoms with Crippen LogP contribution in [0.15, 0.2) is 27.6 Å². The van der Waals surface area contributed by atoms with E-state index < -0.39 is 23.0 Å². The Morgan fingerprint density at radius 1 is 1.40 bits per heavy atom. The Morgan fingerprint density at radius 2 is 2.05 bits per heavy atom. The van der Waals surface area contributed by atoms with Crippen molar-refractivity contribution in [1.82, 2.24) is 9.62 Å². The molecule has 1 aromatic carbocycles. The van der Waals surface area contributed by atoms with Gasteiger partial charge in [0.05, 0.1) is 11.4 Å². The largest absolute Gasteiger partial charge is 0.313 e. The smallest absolute Gasteiger partial charge is 0.252 e. The van der Waals surface area contributed by atoms with E-state index in [1.54, 1.807) is 12.1 Å². The summed E-state index contributed by atoms with van der Waals surface area (Å²) in [4.78, 5) is -0.00365. The van der Waals surface area contributed by atoms with Gasteiger partial charge in [-0.05, 0) is 40.2 Å². The molecule has 1 rings (SSSR count). The molecule has 1 N–H and O–H groups in total. The molecule has 0 heterocycles. The lowest BCUT2D eigenvalue weighted by Gasteiger charge is -2.18. The van der Waals surface area contributed by atoms with Crippen LogP contribution in [0, 0.1) is 0 Å². The molecule has 4 nitrogen and oxygen atoms in total. The summed E-state index contributed by atoms with van der Waals surface area (Å²) in [6, 6.07) is 4.87. The summed E-state index contributed by atoms with van der Waals surface area (Å²) in [6.07, 6.45) is -2.71. The van der Waals surface area contributed by atoms with Gasteiger partial charge >= 0.3 is 0 Å². The number of sulfonamides is 1. The highest BCUT2D eigenvalue weighted by Gasteiger charge is 2.25. The minimum Gasteiger partial charge on any atom is -0.313 e. The quantitative estimate of drug-likeness (QED) is 0.801. The highest BCUT2D eigenvalue weighted by atomic mass is 79.9. The van der Waals surface area contributed by atoms with Crippen molar-refractivity contribution in [2.24, 2.45) is 0 Å². The molecule has 0 saturated carbocycles. The molecule has 8 heteroatoms. The van der Waals surface area contributed by atoms with E-state index in [1.807, 2.05) is 6.92 Å². The molecule has 0 aliphatic carbocycles. The molecule has 0 fully saturated rings. The number of nitrogens with zero attached hydrogens (tertiary/aromatic N) is 1. The van der Waals surface area contributed by atoms with E-state index in [2.05, 4.69) is 21.2 Å². The number of halogens is 3. The summed E-state index contributed by atoms with van der Waals surface area (Å²) >= 11 is 3.16. The van der Waals surface area contributed by atoms with Crippen LogP contribution >= 0.6 is 15.9 Å². The standard InChI is InChI=1S/C12H17BrF2N2O2S/c1-3-16-7-9-4-5-10(13)11(6-9)20(18,19)17(2)8-12(14)15/h4-6,12,16H,3,7-8H2,1-2H3. The maximum Gasteiger partial charge on any atom is 0.252 e. The Kier molecular flexibility index (Phi) is 6.50. The number of nitrogens with one attached hydrogen (secondary N) is 1. The lowest BCUT2D eigenvalue weighted by atomic mass is 10.2. The van der Waals surface area contributed by atoms with Crippen LogP contribution in [0.4, 0.5) is 8.78 Å². The van der Waals surface area contributed by atoms with Crippen LogP contribution in [0.5, 0.6) is 0 Å². The van der Waals surface area contributed by atoms with Gasteiger partial charge in [0, 0.05) is 18.1 Å². The molecule has 0 spiro atoms. The van der Waals surface area contributed by atoms with Crippen LogP contribution in [-0.2, 0) is 16.6 Å². The average Bonchev–Trinajstić information content (AvgIpc) is 2.36. The zero-order valence-electron chi connectivity index (χ0n) is 11.2. The van der Waals surface area contributed by atoms with Gasteiger partial charge in [-0.15, -0.1) is 0 Å². The van der Waals surface area contributed by atoms with E-state index in [0.29, 0.717) is 15.3 Å². The summed E-state index contributed by atoms with van der Waals surface area (Å²) in [7, 11) is -2.79.